The molecule has 1 aliphatic heterocycles. The Morgan fingerprint density at radius 3 is 2.76 bits per heavy atom. The fraction of sp³-hybridized carbons (Fsp3) is 0.200. The zero-order valence-corrected chi connectivity index (χ0v) is 9.89. The number of aryl methyl sites for hydroxylation is 1. The van der Waals surface area contributed by atoms with E-state index in [0.717, 1.165) is 18.8 Å². The van der Waals surface area contributed by atoms with Crippen LogP contribution in [-0.4, -0.2) is 5.06 Å². The number of rotatable bonds is 2. The fourth-order valence-electron chi connectivity index (χ4n) is 2.16. The molecule has 0 radical (unpaired) electrons. The third-order valence-corrected chi connectivity index (χ3v) is 2.99. The van der Waals surface area contributed by atoms with Crippen LogP contribution in [0.25, 0.3) is 0 Å². The van der Waals surface area contributed by atoms with Crippen molar-refractivity contribution in [2.75, 3.05) is 0 Å². The van der Waals surface area contributed by atoms with Crippen LogP contribution in [0.15, 0.2) is 48.5 Å². The summed E-state index contributed by atoms with van der Waals surface area (Å²) < 4.78 is 0. The second-order valence-electron chi connectivity index (χ2n) is 4.49. The molecule has 2 aromatic carbocycles. The second kappa shape index (κ2) is 4.22. The fourth-order valence-corrected chi connectivity index (χ4v) is 2.16. The Morgan fingerprint density at radius 2 is 1.94 bits per heavy atom. The van der Waals surface area contributed by atoms with Gasteiger partial charge in [0.2, 0.25) is 0 Å². The van der Waals surface area contributed by atoms with Gasteiger partial charge in [-0.25, -0.2) is 0 Å². The summed E-state index contributed by atoms with van der Waals surface area (Å²) in [6.45, 7) is 3.81. The normalized spacial score (nSPS) is 14.4. The Morgan fingerprint density at radius 1 is 1.12 bits per heavy atom. The molecule has 0 aromatic heterocycles. The van der Waals surface area contributed by atoms with Crippen LogP contribution in [0.5, 0.6) is 5.75 Å². The minimum absolute atomic E-state index is 0.828. The van der Waals surface area contributed by atoms with Gasteiger partial charge in [0.1, 0.15) is 0 Å². The molecule has 0 unspecified atom stereocenters. The molecular formula is C15H15NO. The summed E-state index contributed by atoms with van der Waals surface area (Å²) in [4.78, 5) is 5.80. The van der Waals surface area contributed by atoms with Crippen molar-refractivity contribution < 1.29 is 4.84 Å². The minimum Gasteiger partial charge on any atom is -0.405 e. The van der Waals surface area contributed by atoms with Crippen molar-refractivity contribution in [2.24, 2.45) is 0 Å². The molecule has 1 heterocycles. The lowest BCUT2D eigenvalue weighted by molar-refractivity contribution is -0.0513. The highest BCUT2D eigenvalue weighted by Gasteiger charge is 2.20. The van der Waals surface area contributed by atoms with Gasteiger partial charge in [-0.3, -0.25) is 0 Å². The van der Waals surface area contributed by atoms with E-state index in [2.05, 4.69) is 49.4 Å². The van der Waals surface area contributed by atoms with E-state index in [4.69, 9.17) is 4.84 Å². The first-order valence-corrected chi connectivity index (χ1v) is 5.87. The lowest BCUT2D eigenvalue weighted by atomic mass is 10.1. The van der Waals surface area contributed by atoms with E-state index in [-0.39, 0.29) is 0 Å². The minimum atomic E-state index is 0.828. The summed E-state index contributed by atoms with van der Waals surface area (Å²) in [6.07, 6.45) is 0. The van der Waals surface area contributed by atoms with Gasteiger partial charge in [-0.1, -0.05) is 48.0 Å². The monoisotopic (exact) mass is 225 g/mol. The molecule has 0 aliphatic carbocycles. The van der Waals surface area contributed by atoms with Crippen LogP contribution in [0.4, 0.5) is 0 Å². The largest absolute Gasteiger partial charge is 0.405 e. The maximum absolute atomic E-state index is 5.80. The van der Waals surface area contributed by atoms with Crippen LogP contribution >= 0.6 is 0 Å². The highest BCUT2D eigenvalue weighted by atomic mass is 16.7. The SMILES string of the molecule is Cc1ccc2c(c1)CN(Cc1ccccc1)O2. The van der Waals surface area contributed by atoms with Gasteiger partial charge >= 0.3 is 0 Å². The van der Waals surface area contributed by atoms with Crippen molar-refractivity contribution in [2.45, 2.75) is 20.0 Å². The van der Waals surface area contributed by atoms with E-state index in [9.17, 15) is 0 Å². The molecule has 0 fully saturated rings. The number of hydroxylamine groups is 2. The Hall–Kier alpha value is -1.80. The molecule has 2 aromatic rings. The van der Waals surface area contributed by atoms with Gasteiger partial charge in [0, 0.05) is 5.56 Å². The summed E-state index contributed by atoms with van der Waals surface area (Å²) in [5, 5.41) is 2.00. The molecule has 2 nitrogen and oxygen atoms in total. The lowest BCUT2D eigenvalue weighted by Gasteiger charge is -2.13. The smallest absolute Gasteiger partial charge is 0.152 e. The van der Waals surface area contributed by atoms with Crippen molar-refractivity contribution >= 4 is 0 Å². The molecule has 0 saturated carbocycles. The van der Waals surface area contributed by atoms with Crippen LogP contribution in [0.1, 0.15) is 16.7 Å². The quantitative estimate of drug-likeness (QED) is 0.777. The molecule has 1 aliphatic rings. The van der Waals surface area contributed by atoms with E-state index in [1.54, 1.807) is 0 Å². The summed E-state index contributed by atoms with van der Waals surface area (Å²) in [5.74, 6) is 0.992. The van der Waals surface area contributed by atoms with Gasteiger partial charge in [-0.15, -0.1) is 5.06 Å². The van der Waals surface area contributed by atoms with Crippen molar-refractivity contribution in [3.8, 4) is 5.75 Å². The number of hydrogen-bond donors (Lipinski definition) is 0. The molecule has 2 heteroatoms. The molecular weight excluding hydrogens is 210 g/mol. The average molecular weight is 225 g/mol. The Balaban J connectivity index is 1.74. The van der Waals surface area contributed by atoms with Crippen LogP contribution in [-0.2, 0) is 13.1 Å². The highest BCUT2D eigenvalue weighted by Crippen LogP contribution is 2.29. The second-order valence-corrected chi connectivity index (χ2v) is 4.49. The molecule has 86 valence electrons. The first-order valence-electron chi connectivity index (χ1n) is 5.87. The third-order valence-electron chi connectivity index (χ3n) is 2.99. The molecule has 0 spiro atoms. The maximum atomic E-state index is 5.80. The zero-order valence-electron chi connectivity index (χ0n) is 9.89. The molecule has 0 bridgehead atoms. The summed E-state index contributed by atoms with van der Waals surface area (Å²) >= 11 is 0. The average Bonchev–Trinajstić information content (AvgIpc) is 2.71. The van der Waals surface area contributed by atoms with Gasteiger partial charge in [-0.05, 0) is 18.6 Å². The predicted octanol–water partition coefficient (Wildman–Crippen LogP) is 3.30. The van der Waals surface area contributed by atoms with E-state index >= 15 is 0 Å². The molecule has 3 rings (SSSR count). The van der Waals surface area contributed by atoms with Crippen molar-refractivity contribution in [1.29, 1.82) is 0 Å². The van der Waals surface area contributed by atoms with Gasteiger partial charge in [0.15, 0.2) is 5.75 Å². The lowest BCUT2D eigenvalue weighted by Crippen LogP contribution is -2.20. The molecule has 0 saturated heterocycles. The van der Waals surface area contributed by atoms with Crippen LogP contribution in [0.2, 0.25) is 0 Å². The number of benzene rings is 2. The zero-order chi connectivity index (χ0) is 11.7. The number of hydrogen-bond acceptors (Lipinski definition) is 2. The van der Waals surface area contributed by atoms with Gasteiger partial charge in [0.25, 0.3) is 0 Å². The third kappa shape index (κ3) is 2.17. The molecule has 0 atom stereocenters. The molecule has 17 heavy (non-hydrogen) atoms. The Labute approximate surface area is 101 Å². The molecule has 0 N–H and O–H groups in total. The van der Waals surface area contributed by atoms with Gasteiger partial charge < -0.3 is 4.84 Å². The van der Waals surface area contributed by atoms with E-state index in [1.807, 2.05) is 11.1 Å². The summed E-state index contributed by atoms with van der Waals surface area (Å²) in [6, 6.07) is 16.7. The van der Waals surface area contributed by atoms with Gasteiger partial charge in [-0.2, -0.15) is 0 Å². The van der Waals surface area contributed by atoms with E-state index in [1.165, 1.54) is 16.7 Å². The van der Waals surface area contributed by atoms with Crippen LogP contribution in [0, 0.1) is 6.92 Å². The van der Waals surface area contributed by atoms with Crippen molar-refractivity contribution in [1.82, 2.24) is 5.06 Å². The van der Waals surface area contributed by atoms with E-state index in [0.29, 0.717) is 0 Å². The summed E-state index contributed by atoms with van der Waals surface area (Å²) in [7, 11) is 0. The number of fused-ring (bicyclic) bond motifs is 1. The predicted molar refractivity (Wildman–Crippen MR) is 67.5 cm³/mol. The summed E-state index contributed by atoms with van der Waals surface area (Å²) in [5.41, 5.74) is 3.84. The topological polar surface area (TPSA) is 12.5 Å². The maximum Gasteiger partial charge on any atom is 0.152 e. The first kappa shape index (κ1) is 10.4. The Bertz CT molecular complexity index is 522. The van der Waals surface area contributed by atoms with Crippen molar-refractivity contribution in [3.63, 3.8) is 0 Å². The molecule has 0 amide bonds. The van der Waals surface area contributed by atoms with Crippen LogP contribution < -0.4 is 4.84 Å². The van der Waals surface area contributed by atoms with Crippen molar-refractivity contribution in [3.05, 3.63) is 65.2 Å². The highest BCUT2D eigenvalue weighted by molar-refractivity contribution is 5.38. The standard InChI is InChI=1S/C15H15NO/c1-12-7-8-15-14(9-12)11-16(17-15)10-13-5-3-2-4-6-13/h2-9H,10-11H2,1H3. The van der Waals surface area contributed by atoms with Gasteiger partial charge in [0.05, 0.1) is 13.1 Å². The van der Waals surface area contributed by atoms with Crippen LogP contribution in [0.3, 0.4) is 0 Å². The number of nitrogens with zero attached hydrogens (tertiary/aromatic N) is 1. The Kier molecular flexibility index (Phi) is 2.57. The van der Waals surface area contributed by atoms with E-state index < -0.39 is 0 Å². The first-order chi connectivity index (χ1) is 8.31.